The minimum absolute atomic E-state index is 0.0796. The lowest BCUT2D eigenvalue weighted by molar-refractivity contribution is -0.121. The summed E-state index contributed by atoms with van der Waals surface area (Å²) in [6.07, 6.45) is 0.945. The van der Waals surface area contributed by atoms with Crippen molar-refractivity contribution < 1.29 is 9.59 Å². The molecule has 4 aromatic carbocycles. The van der Waals surface area contributed by atoms with Crippen LogP contribution in [-0.2, 0) is 11.2 Å². The summed E-state index contributed by atoms with van der Waals surface area (Å²) in [4.78, 5) is 27.7. The number of benzene rings is 4. The molecule has 0 heterocycles. The monoisotopic (exact) mass is 465 g/mol. The van der Waals surface area contributed by atoms with Crippen LogP contribution in [0.1, 0.15) is 30.5 Å². The van der Waals surface area contributed by atoms with E-state index in [1.54, 1.807) is 4.90 Å². The van der Waals surface area contributed by atoms with Crippen LogP contribution in [0, 0.1) is 0 Å². The molecule has 0 spiro atoms. The maximum Gasteiger partial charge on any atom is 0.321 e. The van der Waals surface area contributed by atoms with E-state index in [1.807, 2.05) is 97.9 Å². The van der Waals surface area contributed by atoms with Crippen LogP contribution in [0.25, 0.3) is 10.8 Å². The van der Waals surface area contributed by atoms with Crippen LogP contribution < -0.4 is 10.6 Å². The van der Waals surface area contributed by atoms with E-state index in [9.17, 15) is 9.59 Å². The minimum atomic E-state index is -0.207. The topological polar surface area (TPSA) is 61.4 Å². The van der Waals surface area contributed by atoms with E-state index >= 15 is 0 Å². The number of carbonyl (C=O) groups excluding carboxylic acids is 2. The Morgan fingerprint density at radius 3 is 2.20 bits per heavy atom. The van der Waals surface area contributed by atoms with Crippen molar-refractivity contribution in [2.45, 2.75) is 25.8 Å². The molecule has 3 amide bonds. The van der Waals surface area contributed by atoms with Crippen LogP contribution in [0.4, 0.5) is 10.5 Å². The summed E-state index contributed by atoms with van der Waals surface area (Å²) in [6, 6.07) is 33.5. The van der Waals surface area contributed by atoms with Gasteiger partial charge in [0.1, 0.15) is 0 Å². The summed E-state index contributed by atoms with van der Waals surface area (Å²) in [5.41, 5.74) is 2.97. The minimum Gasteiger partial charge on any atom is -0.350 e. The molecule has 2 N–H and O–H groups in total. The van der Waals surface area contributed by atoms with E-state index < -0.39 is 0 Å². The Hall–Kier alpha value is -4.12. The van der Waals surface area contributed by atoms with Crippen LogP contribution in [-0.4, -0.2) is 29.9 Å². The number of amides is 3. The SMILES string of the molecule is CC(NC(=O)CCN(CCc1ccccc1)C(=O)Nc1cccc2ccccc12)c1ccccc1. The highest BCUT2D eigenvalue weighted by atomic mass is 16.2. The molecule has 0 aliphatic heterocycles. The zero-order valence-corrected chi connectivity index (χ0v) is 20.0. The average molecular weight is 466 g/mol. The van der Waals surface area contributed by atoms with Crippen LogP contribution in [0.15, 0.2) is 103 Å². The van der Waals surface area contributed by atoms with Gasteiger partial charge in [0.15, 0.2) is 0 Å². The maximum atomic E-state index is 13.3. The highest BCUT2D eigenvalue weighted by Crippen LogP contribution is 2.23. The second-order valence-corrected chi connectivity index (χ2v) is 8.63. The second-order valence-electron chi connectivity index (χ2n) is 8.63. The standard InChI is InChI=1S/C30H31N3O2/c1-23(25-13-6-3-7-14-25)31-29(34)20-22-33(21-19-24-11-4-2-5-12-24)30(35)32-28-18-10-16-26-15-8-9-17-27(26)28/h2-18,23H,19-22H2,1H3,(H,31,34)(H,32,35). The van der Waals surface area contributed by atoms with Crippen molar-refractivity contribution >= 4 is 28.4 Å². The van der Waals surface area contributed by atoms with Crippen molar-refractivity contribution in [1.82, 2.24) is 10.2 Å². The smallest absolute Gasteiger partial charge is 0.321 e. The van der Waals surface area contributed by atoms with E-state index in [0.717, 1.165) is 27.6 Å². The molecule has 0 aromatic heterocycles. The fourth-order valence-corrected chi connectivity index (χ4v) is 4.13. The Bertz CT molecular complexity index is 1250. The third kappa shape index (κ3) is 6.70. The van der Waals surface area contributed by atoms with E-state index in [2.05, 4.69) is 22.8 Å². The number of hydrogen-bond donors (Lipinski definition) is 2. The Balaban J connectivity index is 1.43. The molecule has 4 aromatic rings. The van der Waals surface area contributed by atoms with Gasteiger partial charge in [0.2, 0.25) is 5.91 Å². The van der Waals surface area contributed by atoms with Crippen LogP contribution in [0.5, 0.6) is 0 Å². The molecule has 4 rings (SSSR count). The molecule has 1 unspecified atom stereocenters. The largest absolute Gasteiger partial charge is 0.350 e. The Kier molecular flexibility index (Phi) is 8.12. The van der Waals surface area contributed by atoms with Gasteiger partial charge in [-0.3, -0.25) is 4.79 Å². The maximum absolute atomic E-state index is 13.3. The predicted octanol–water partition coefficient (Wildman–Crippen LogP) is 6.18. The van der Waals surface area contributed by atoms with E-state index in [1.165, 1.54) is 0 Å². The predicted molar refractivity (Wildman–Crippen MR) is 142 cm³/mol. The Morgan fingerprint density at radius 1 is 0.771 bits per heavy atom. The first kappa shape index (κ1) is 24.0. The molecule has 0 saturated carbocycles. The van der Waals surface area contributed by atoms with E-state index in [-0.39, 0.29) is 24.4 Å². The Labute approximate surface area is 206 Å². The summed E-state index contributed by atoms with van der Waals surface area (Å²) in [6.45, 7) is 2.81. The molecule has 0 aliphatic rings. The summed E-state index contributed by atoms with van der Waals surface area (Å²) in [5, 5.41) is 8.16. The van der Waals surface area contributed by atoms with Crippen molar-refractivity contribution in [3.8, 4) is 0 Å². The number of urea groups is 1. The van der Waals surface area contributed by atoms with Gasteiger partial charge in [0.05, 0.1) is 11.7 Å². The van der Waals surface area contributed by atoms with Gasteiger partial charge < -0.3 is 15.5 Å². The lowest BCUT2D eigenvalue weighted by Gasteiger charge is -2.24. The first-order valence-electron chi connectivity index (χ1n) is 12.0. The first-order valence-corrected chi connectivity index (χ1v) is 12.0. The zero-order chi connectivity index (χ0) is 24.5. The van der Waals surface area contributed by atoms with Crippen molar-refractivity contribution in [2.24, 2.45) is 0 Å². The number of nitrogens with zero attached hydrogens (tertiary/aromatic N) is 1. The van der Waals surface area contributed by atoms with Gasteiger partial charge in [-0.2, -0.15) is 0 Å². The molecule has 0 bridgehead atoms. The third-order valence-electron chi connectivity index (χ3n) is 6.12. The number of fused-ring (bicyclic) bond motifs is 1. The number of rotatable bonds is 9. The van der Waals surface area contributed by atoms with Crippen molar-refractivity contribution in [1.29, 1.82) is 0 Å². The highest BCUT2D eigenvalue weighted by Gasteiger charge is 2.17. The van der Waals surface area contributed by atoms with Gasteiger partial charge in [-0.15, -0.1) is 0 Å². The lowest BCUT2D eigenvalue weighted by Crippen LogP contribution is -2.39. The molecule has 0 saturated heterocycles. The molecule has 178 valence electrons. The highest BCUT2D eigenvalue weighted by molar-refractivity contribution is 6.01. The van der Waals surface area contributed by atoms with Crippen LogP contribution >= 0.6 is 0 Å². The van der Waals surface area contributed by atoms with E-state index in [0.29, 0.717) is 19.5 Å². The van der Waals surface area contributed by atoms with Gasteiger partial charge in [-0.05, 0) is 35.9 Å². The number of anilines is 1. The van der Waals surface area contributed by atoms with Gasteiger partial charge in [-0.25, -0.2) is 4.79 Å². The quantitative estimate of drug-likeness (QED) is 0.310. The fourth-order valence-electron chi connectivity index (χ4n) is 4.13. The van der Waals surface area contributed by atoms with Crippen molar-refractivity contribution in [3.05, 3.63) is 114 Å². The van der Waals surface area contributed by atoms with Gasteiger partial charge >= 0.3 is 6.03 Å². The molecule has 5 heteroatoms. The van der Waals surface area contributed by atoms with Crippen molar-refractivity contribution in [2.75, 3.05) is 18.4 Å². The molecule has 0 aliphatic carbocycles. The molecule has 5 nitrogen and oxygen atoms in total. The molecular weight excluding hydrogens is 434 g/mol. The fraction of sp³-hybridized carbons (Fsp3) is 0.200. The number of nitrogens with one attached hydrogen (secondary N) is 2. The summed E-state index contributed by atoms with van der Waals surface area (Å²) >= 11 is 0. The van der Waals surface area contributed by atoms with Crippen LogP contribution in [0.2, 0.25) is 0 Å². The van der Waals surface area contributed by atoms with Gasteiger partial charge in [0, 0.05) is 24.9 Å². The molecule has 0 radical (unpaired) electrons. The summed E-state index contributed by atoms with van der Waals surface area (Å²) < 4.78 is 0. The second kappa shape index (κ2) is 11.8. The average Bonchev–Trinajstić information content (AvgIpc) is 2.90. The van der Waals surface area contributed by atoms with Crippen molar-refractivity contribution in [3.63, 3.8) is 0 Å². The molecular formula is C30H31N3O2. The van der Waals surface area contributed by atoms with Gasteiger partial charge in [-0.1, -0.05) is 97.1 Å². The first-order chi connectivity index (χ1) is 17.1. The molecule has 0 fully saturated rings. The number of hydrogen-bond acceptors (Lipinski definition) is 2. The zero-order valence-electron chi connectivity index (χ0n) is 20.0. The number of carbonyl (C=O) groups is 2. The lowest BCUT2D eigenvalue weighted by atomic mass is 10.1. The molecule has 35 heavy (non-hydrogen) atoms. The summed E-state index contributed by atoms with van der Waals surface area (Å²) in [7, 11) is 0. The van der Waals surface area contributed by atoms with Gasteiger partial charge in [0.25, 0.3) is 0 Å². The Morgan fingerprint density at radius 2 is 1.43 bits per heavy atom. The normalized spacial score (nSPS) is 11.6. The van der Waals surface area contributed by atoms with Crippen LogP contribution in [0.3, 0.4) is 0 Å². The third-order valence-corrected chi connectivity index (χ3v) is 6.12. The molecule has 1 atom stereocenters. The van der Waals surface area contributed by atoms with E-state index in [4.69, 9.17) is 0 Å². The summed E-state index contributed by atoms with van der Waals surface area (Å²) in [5.74, 6) is -0.0796.